The number of urea groups is 1. The molecule has 5 rings (SSSR count). The Bertz CT molecular complexity index is 1220. The molecular weight excluding hydrogens is 388 g/mol. The summed E-state index contributed by atoms with van der Waals surface area (Å²) in [5.41, 5.74) is 5.60. The van der Waals surface area contributed by atoms with Crippen LogP contribution in [0.5, 0.6) is 0 Å². The van der Waals surface area contributed by atoms with Crippen LogP contribution in [0.2, 0.25) is 0 Å². The molecule has 4 N–H and O–H groups in total. The molecule has 2 heterocycles. The van der Waals surface area contributed by atoms with Crippen molar-refractivity contribution in [3.63, 3.8) is 0 Å². The molecule has 3 aromatic carbocycles. The van der Waals surface area contributed by atoms with Crippen molar-refractivity contribution in [2.24, 2.45) is 0 Å². The lowest BCUT2D eigenvalue weighted by atomic mass is 10.00. The van der Waals surface area contributed by atoms with E-state index in [1.54, 1.807) is 6.33 Å². The fraction of sp³-hybridized carbons (Fsp3) is 0.0417. The van der Waals surface area contributed by atoms with Gasteiger partial charge in [0.15, 0.2) is 0 Å². The zero-order valence-electron chi connectivity index (χ0n) is 16.6. The summed E-state index contributed by atoms with van der Waals surface area (Å²) < 4.78 is 0. The van der Waals surface area contributed by atoms with E-state index in [1.807, 2.05) is 72.8 Å². The van der Waals surface area contributed by atoms with Crippen molar-refractivity contribution in [1.29, 1.82) is 0 Å². The van der Waals surface area contributed by atoms with Crippen molar-refractivity contribution in [2.75, 3.05) is 21.3 Å². The second kappa shape index (κ2) is 8.16. The Balaban J connectivity index is 1.27. The topological polar surface area (TPSA) is 91.0 Å². The third-order valence-electron chi connectivity index (χ3n) is 5.02. The maximum Gasteiger partial charge on any atom is 0.323 e. The Labute approximate surface area is 179 Å². The van der Waals surface area contributed by atoms with Gasteiger partial charge >= 0.3 is 6.03 Å². The molecule has 7 heteroatoms. The number of amides is 2. The quantitative estimate of drug-likeness (QED) is 0.315. The van der Waals surface area contributed by atoms with E-state index in [2.05, 4.69) is 37.3 Å². The summed E-state index contributed by atoms with van der Waals surface area (Å²) in [5, 5.41) is 12.4. The van der Waals surface area contributed by atoms with Gasteiger partial charge in [0.2, 0.25) is 0 Å². The summed E-state index contributed by atoms with van der Waals surface area (Å²) in [4.78, 5) is 21.0. The lowest BCUT2D eigenvalue weighted by Gasteiger charge is -2.22. The van der Waals surface area contributed by atoms with E-state index in [9.17, 15) is 4.79 Å². The van der Waals surface area contributed by atoms with Gasteiger partial charge in [-0.15, -0.1) is 0 Å². The largest absolute Gasteiger partial charge is 0.340 e. The van der Waals surface area contributed by atoms with Gasteiger partial charge < -0.3 is 21.3 Å². The highest BCUT2D eigenvalue weighted by atomic mass is 16.2. The minimum Gasteiger partial charge on any atom is -0.340 e. The van der Waals surface area contributed by atoms with Gasteiger partial charge in [0.25, 0.3) is 0 Å². The van der Waals surface area contributed by atoms with Crippen LogP contribution in [0.25, 0.3) is 0 Å². The first-order valence-corrected chi connectivity index (χ1v) is 9.93. The number of hydrogen-bond donors (Lipinski definition) is 4. The van der Waals surface area contributed by atoms with Crippen LogP contribution in [0.3, 0.4) is 0 Å². The van der Waals surface area contributed by atoms with Gasteiger partial charge in [-0.1, -0.05) is 36.4 Å². The Morgan fingerprint density at radius 1 is 0.774 bits per heavy atom. The molecule has 0 saturated heterocycles. The molecule has 31 heavy (non-hydrogen) atoms. The van der Waals surface area contributed by atoms with Crippen LogP contribution in [-0.2, 0) is 6.42 Å². The summed E-state index contributed by atoms with van der Waals surface area (Å²) in [6, 6.07) is 24.7. The minimum absolute atomic E-state index is 0.290. The van der Waals surface area contributed by atoms with Gasteiger partial charge in [0, 0.05) is 34.7 Å². The van der Waals surface area contributed by atoms with Crippen molar-refractivity contribution in [3.05, 3.63) is 96.3 Å². The van der Waals surface area contributed by atoms with E-state index < -0.39 is 0 Å². The number of nitrogens with zero attached hydrogens (tertiary/aromatic N) is 2. The standard InChI is InChI=1S/C24H20N6O/c31-24(28-17-7-2-1-3-8-17)29-19-12-10-18(11-13-19)27-22-20-14-16-6-4-5-9-21(16)30-23(20)26-15-25-22/h1-13,15H,14H2,(H2,28,29,31)(H2,25,26,27,30). The van der Waals surface area contributed by atoms with Crippen molar-refractivity contribution in [1.82, 2.24) is 9.97 Å². The van der Waals surface area contributed by atoms with Crippen LogP contribution in [0.15, 0.2) is 85.2 Å². The predicted molar refractivity (Wildman–Crippen MR) is 123 cm³/mol. The molecule has 0 bridgehead atoms. The molecule has 0 radical (unpaired) electrons. The third kappa shape index (κ3) is 4.16. The van der Waals surface area contributed by atoms with E-state index >= 15 is 0 Å². The smallest absolute Gasteiger partial charge is 0.323 e. The molecule has 4 aromatic rings. The molecule has 2 amide bonds. The highest BCUT2D eigenvalue weighted by molar-refractivity contribution is 5.99. The monoisotopic (exact) mass is 408 g/mol. The Morgan fingerprint density at radius 3 is 2.26 bits per heavy atom. The minimum atomic E-state index is -0.290. The number of anilines is 6. The summed E-state index contributed by atoms with van der Waals surface area (Å²) in [6.07, 6.45) is 2.30. The normalized spacial score (nSPS) is 11.5. The highest BCUT2D eigenvalue weighted by Gasteiger charge is 2.19. The van der Waals surface area contributed by atoms with Crippen molar-refractivity contribution < 1.29 is 4.79 Å². The number of hydrogen-bond acceptors (Lipinski definition) is 5. The number of rotatable bonds is 4. The SMILES string of the molecule is O=C(Nc1ccccc1)Nc1ccc(Nc2ncnc3c2Cc2ccccc2N3)cc1. The van der Waals surface area contributed by atoms with Crippen LogP contribution in [-0.4, -0.2) is 16.0 Å². The molecule has 0 aliphatic carbocycles. The fourth-order valence-electron chi connectivity index (χ4n) is 3.50. The summed E-state index contributed by atoms with van der Waals surface area (Å²) in [7, 11) is 0. The van der Waals surface area contributed by atoms with E-state index in [1.165, 1.54) is 5.56 Å². The zero-order chi connectivity index (χ0) is 21.0. The number of aromatic nitrogens is 2. The van der Waals surface area contributed by atoms with Gasteiger partial charge in [-0.2, -0.15) is 0 Å². The van der Waals surface area contributed by atoms with Gasteiger partial charge in [0.1, 0.15) is 18.0 Å². The Hall–Kier alpha value is -4.39. The first kappa shape index (κ1) is 18.6. The van der Waals surface area contributed by atoms with Crippen LogP contribution >= 0.6 is 0 Å². The maximum atomic E-state index is 12.2. The maximum absolute atomic E-state index is 12.2. The van der Waals surface area contributed by atoms with Gasteiger partial charge in [-0.05, 0) is 48.0 Å². The number of carbonyl (C=O) groups excluding carboxylic acids is 1. The summed E-state index contributed by atoms with van der Waals surface area (Å²) in [6.45, 7) is 0. The second-order valence-corrected chi connectivity index (χ2v) is 7.16. The van der Waals surface area contributed by atoms with Crippen molar-refractivity contribution >= 4 is 40.4 Å². The average Bonchev–Trinajstić information content (AvgIpc) is 2.80. The van der Waals surface area contributed by atoms with Crippen molar-refractivity contribution in [2.45, 2.75) is 6.42 Å². The molecule has 0 saturated carbocycles. The molecule has 0 atom stereocenters. The fourth-order valence-corrected chi connectivity index (χ4v) is 3.50. The molecule has 1 aliphatic heterocycles. The molecule has 7 nitrogen and oxygen atoms in total. The summed E-state index contributed by atoms with van der Waals surface area (Å²) >= 11 is 0. The Kier molecular flexibility index (Phi) is 4.90. The zero-order valence-corrected chi connectivity index (χ0v) is 16.6. The van der Waals surface area contributed by atoms with Gasteiger partial charge in [0.05, 0.1) is 0 Å². The molecule has 0 unspecified atom stereocenters. The molecule has 1 aromatic heterocycles. The van der Waals surface area contributed by atoms with Crippen LogP contribution in [0.4, 0.5) is 39.2 Å². The molecule has 1 aliphatic rings. The van der Waals surface area contributed by atoms with Crippen LogP contribution in [0, 0.1) is 0 Å². The first-order valence-electron chi connectivity index (χ1n) is 9.93. The lowest BCUT2D eigenvalue weighted by molar-refractivity contribution is 0.262. The second-order valence-electron chi connectivity index (χ2n) is 7.16. The summed E-state index contributed by atoms with van der Waals surface area (Å²) in [5.74, 6) is 1.57. The Morgan fingerprint density at radius 2 is 1.45 bits per heavy atom. The molecular formula is C24H20N6O. The third-order valence-corrected chi connectivity index (χ3v) is 5.02. The van der Waals surface area contributed by atoms with Crippen LogP contribution in [0.1, 0.15) is 11.1 Å². The number of carbonyl (C=O) groups is 1. The molecule has 0 spiro atoms. The molecule has 152 valence electrons. The lowest BCUT2D eigenvalue weighted by Crippen LogP contribution is -2.19. The number of nitrogens with one attached hydrogen (secondary N) is 4. The average molecular weight is 408 g/mol. The van der Waals surface area contributed by atoms with E-state index in [4.69, 9.17) is 0 Å². The molecule has 0 fully saturated rings. The highest BCUT2D eigenvalue weighted by Crippen LogP contribution is 2.35. The van der Waals surface area contributed by atoms with E-state index in [0.717, 1.165) is 40.7 Å². The van der Waals surface area contributed by atoms with Crippen LogP contribution < -0.4 is 21.3 Å². The van der Waals surface area contributed by atoms with E-state index in [0.29, 0.717) is 5.69 Å². The predicted octanol–water partition coefficient (Wildman–Crippen LogP) is 5.51. The number of para-hydroxylation sites is 2. The van der Waals surface area contributed by atoms with Gasteiger partial charge in [-0.3, -0.25) is 0 Å². The number of benzene rings is 3. The van der Waals surface area contributed by atoms with Gasteiger partial charge in [-0.25, -0.2) is 14.8 Å². The number of fused-ring (bicyclic) bond motifs is 2. The first-order chi connectivity index (χ1) is 15.2. The van der Waals surface area contributed by atoms with E-state index in [-0.39, 0.29) is 6.03 Å². The van der Waals surface area contributed by atoms with Crippen molar-refractivity contribution in [3.8, 4) is 0 Å².